The summed E-state index contributed by atoms with van der Waals surface area (Å²) in [5, 5.41) is 2.59. The molecule has 146 valence electrons. The summed E-state index contributed by atoms with van der Waals surface area (Å²) in [5.74, 6) is -0.804. The maximum Gasteiger partial charge on any atom is 0.271 e. The summed E-state index contributed by atoms with van der Waals surface area (Å²) in [4.78, 5) is 28.9. The number of nitrogens with zero attached hydrogens (tertiary/aromatic N) is 1. The number of hydrogen-bond donors (Lipinski definition) is 5. The Kier molecular flexibility index (Phi) is 6.34. The van der Waals surface area contributed by atoms with Crippen LogP contribution in [0.25, 0.3) is 0 Å². The molecule has 1 fully saturated rings. The number of nitrogen functional groups attached to an aromatic ring is 1. The van der Waals surface area contributed by atoms with Gasteiger partial charge in [0, 0.05) is 28.9 Å². The van der Waals surface area contributed by atoms with Crippen LogP contribution in [0.4, 0.5) is 5.69 Å². The lowest BCUT2D eigenvalue weighted by Gasteiger charge is -2.38. The van der Waals surface area contributed by atoms with Crippen molar-refractivity contribution in [2.24, 2.45) is 16.5 Å². The minimum absolute atomic E-state index is 0.0131. The van der Waals surface area contributed by atoms with Gasteiger partial charge in [0.15, 0.2) is 5.54 Å². The van der Waals surface area contributed by atoms with E-state index in [0.717, 1.165) is 0 Å². The van der Waals surface area contributed by atoms with Gasteiger partial charge in [0.25, 0.3) is 5.91 Å². The van der Waals surface area contributed by atoms with E-state index in [1.165, 1.54) is 7.05 Å². The molecule has 0 aliphatic carbocycles. The molecule has 1 aliphatic heterocycles. The molecular weight excluding hydrogens is 370 g/mol. The lowest BCUT2D eigenvalue weighted by Crippen LogP contribution is -2.70. The van der Waals surface area contributed by atoms with Crippen LogP contribution in [0.1, 0.15) is 12.5 Å². The number of carbonyl (C=O) groups excluding carboxylic acids is 2. The molecular formula is C17H23N5O4S. The lowest BCUT2D eigenvalue weighted by atomic mass is 9.95. The molecule has 2 rings (SSSR count). The molecule has 2 amide bonds. The van der Waals surface area contributed by atoms with Crippen LogP contribution in [0, 0.1) is 0 Å². The van der Waals surface area contributed by atoms with Gasteiger partial charge in [-0.25, -0.2) is 0 Å². The van der Waals surface area contributed by atoms with Crippen molar-refractivity contribution in [3.05, 3.63) is 34.4 Å². The minimum Gasteiger partial charge on any atom is -0.488 e. The van der Waals surface area contributed by atoms with Crippen LogP contribution in [-0.4, -0.2) is 49.9 Å². The van der Waals surface area contributed by atoms with E-state index in [4.69, 9.17) is 26.7 Å². The van der Waals surface area contributed by atoms with E-state index in [1.807, 2.05) is 0 Å². The third-order valence-corrected chi connectivity index (χ3v) is 4.55. The average Bonchev–Trinajstić information content (AvgIpc) is 2.58. The van der Waals surface area contributed by atoms with E-state index < -0.39 is 17.4 Å². The minimum atomic E-state index is -1.24. The number of ether oxygens (including phenoxy) is 2. The van der Waals surface area contributed by atoms with Gasteiger partial charge in [-0.15, -0.1) is 12.6 Å². The standard InChI is InChI=1S/C17H23N5O4S/c1-9(18)13(27)6-26-10-3-4-12(19)11(5-10)14(21-2)15(23)22-17(16(20)24)7-25-8-17/h3-5,27H,6-8,18-19H2,1-2H3,(H2,20,24)(H,22,23)/b13-9-,21-14?. The van der Waals surface area contributed by atoms with Crippen molar-refractivity contribution < 1.29 is 19.1 Å². The topological polar surface area (TPSA) is 155 Å². The van der Waals surface area contributed by atoms with Crippen LogP contribution in [0.5, 0.6) is 5.75 Å². The third kappa shape index (κ3) is 4.52. The van der Waals surface area contributed by atoms with Crippen molar-refractivity contribution in [2.45, 2.75) is 12.5 Å². The molecule has 0 aromatic heterocycles. The Morgan fingerprint density at radius 3 is 2.52 bits per heavy atom. The number of carbonyl (C=O) groups is 2. The molecule has 27 heavy (non-hydrogen) atoms. The predicted octanol–water partition coefficient (Wildman–Crippen LogP) is -0.443. The van der Waals surface area contributed by atoms with Crippen molar-refractivity contribution in [1.82, 2.24) is 5.32 Å². The molecule has 0 atom stereocenters. The van der Waals surface area contributed by atoms with Gasteiger partial charge in [-0.2, -0.15) is 0 Å². The summed E-state index contributed by atoms with van der Waals surface area (Å²) in [6, 6.07) is 4.83. The largest absolute Gasteiger partial charge is 0.488 e. The highest BCUT2D eigenvalue weighted by Crippen LogP contribution is 2.23. The quantitative estimate of drug-likeness (QED) is 0.240. The molecule has 1 saturated heterocycles. The van der Waals surface area contributed by atoms with Gasteiger partial charge in [-0.1, -0.05) is 0 Å². The summed E-state index contributed by atoms with van der Waals surface area (Å²) < 4.78 is 10.6. The maximum absolute atomic E-state index is 12.7. The average molecular weight is 393 g/mol. The summed E-state index contributed by atoms with van der Waals surface area (Å²) >= 11 is 4.24. The van der Waals surface area contributed by atoms with Gasteiger partial charge in [0.2, 0.25) is 5.91 Å². The van der Waals surface area contributed by atoms with Crippen molar-refractivity contribution in [3.8, 4) is 5.75 Å². The van der Waals surface area contributed by atoms with E-state index in [1.54, 1.807) is 25.1 Å². The van der Waals surface area contributed by atoms with Crippen LogP contribution >= 0.6 is 12.6 Å². The Morgan fingerprint density at radius 2 is 2.04 bits per heavy atom. The molecule has 0 spiro atoms. The van der Waals surface area contributed by atoms with E-state index >= 15 is 0 Å². The Bertz CT molecular complexity index is 814. The van der Waals surface area contributed by atoms with Gasteiger partial charge in [-0.3, -0.25) is 14.6 Å². The van der Waals surface area contributed by atoms with E-state index in [0.29, 0.717) is 27.6 Å². The molecule has 1 aromatic carbocycles. The Labute approximate surface area is 162 Å². The summed E-state index contributed by atoms with van der Waals surface area (Å²) in [6.45, 7) is 1.91. The van der Waals surface area contributed by atoms with Crippen LogP contribution in [0.3, 0.4) is 0 Å². The van der Waals surface area contributed by atoms with Crippen LogP contribution < -0.4 is 27.3 Å². The lowest BCUT2D eigenvalue weighted by molar-refractivity contribution is -0.149. The molecule has 0 radical (unpaired) electrons. The highest BCUT2D eigenvalue weighted by molar-refractivity contribution is 7.84. The van der Waals surface area contributed by atoms with Crippen LogP contribution in [0.15, 0.2) is 33.8 Å². The van der Waals surface area contributed by atoms with Crippen molar-refractivity contribution in [2.75, 3.05) is 32.6 Å². The molecule has 1 heterocycles. The number of thiol groups is 1. The molecule has 0 bridgehead atoms. The van der Waals surface area contributed by atoms with Gasteiger partial charge in [0.1, 0.15) is 18.1 Å². The van der Waals surface area contributed by atoms with Gasteiger partial charge in [0.05, 0.1) is 13.2 Å². The number of anilines is 1. The zero-order valence-corrected chi connectivity index (χ0v) is 16.0. The van der Waals surface area contributed by atoms with Crippen LogP contribution in [-0.2, 0) is 14.3 Å². The first-order valence-electron chi connectivity index (χ1n) is 8.04. The summed E-state index contributed by atoms with van der Waals surface area (Å²) in [6.07, 6.45) is 0. The fourth-order valence-electron chi connectivity index (χ4n) is 2.30. The fraction of sp³-hybridized carbons (Fsp3) is 0.353. The Morgan fingerprint density at radius 1 is 1.37 bits per heavy atom. The first kappa shape index (κ1) is 20.6. The number of amides is 2. The number of aliphatic imine (C=N–C) groups is 1. The number of allylic oxidation sites excluding steroid dienone is 1. The molecule has 0 unspecified atom stereocenters. The maximum atomic E-state index is 12.7. The number of primary amides is 1. The molecule has 10 heteroatoms. The molecule has 7 N–H and O–H groups in total. The van der Waals surface area contributed by atoms with Crippen molar-refractivity contribution in [1.29, 1.82) is 0 Å². The zero-order chi connectivity index (χ0) is 20.2. The first-order valence-corrected chi connectivity index (χ1v) is 8.48. The van der Waals surface area contributed by atoms with Crippen molar-refractivity contribution >= 4 is 35.8 Å². The fourth-order valence-corrected chi connectivity index (χ4v) is 2.36. The van der Waals surface area contributed by atoms with Crippen molar-refractivity contribution in [3.63, 3.8) is 0 Å². The second kappa shape index (κ2) is 8.31. The summed E-state index contributed by atoms with van der Waals surface area (Å²) in [7, 11) is 1.45. The van der Waals surface area contributed by atoms with E-state index in [-0.39, 0.29) is 25.5 Å². The number of nitrogens with one attached hydrogen (secondary N) is 1. The number of hydrogen-bond acceptors (Lipinski definition) is 8. The molecule has 1 aliphatic rings. The van der Waals surface area contributed by atoms with Gasteiger partial charge < -0.3 is 32.0 Å². The van der Waals surface area contributed by atoms with Crippen LogP contribution in [0.2, 0.25) is 0 Å². The Balaban J connectivity index is 2.23. The SMILES string of the molecule is CN=C(C(=O)NC1(C(N)=O)COC1)c1cc(OC/C(S)=C(\C)N)ccc1N. The smallest absolute Gasteiger partial charge is 0.271 e. The highest BCUT2D eigenvalue weighted by atomic mass is 32.1. The van der Waals surface area contributed by atoms with E-state index in [9.17, 15) is 9.59 Å². The monoisotopic (exact) mass is 393 g/mol. The number of rotatable bonds is 7. The molecule has 1 aromatic rings. The molecule has 9 nitrogen and oxygen atoms in total. The van der Waals surface area contributed by atoms with E-state index in [2.05, 4.69) is 22.9 Å². The first-order chi connectivity index (χ1) is 12.7. The predicted molar refractivity (Wildman–Crippen MR) is 106 cm³/mol. The van der Waals surface area contributed by atoms with Gasteiger partial charge >= 0.3 is 0 Å². The van der Waals surface area contributed by atoms with Gasteiger partial charge in [-0.05, 0) is 25.1 Å². The third-order valence-electron chi connectivity index (χ3n) is 4.07. The summed E-state index contributed by atoms with van der Waals surface area (Å²) in [5.41, 5.74) is 17.1. The second-order valence-electron chi connectivity index (χ2n) is 6.13. The number of benzene rings is 1. The normalized spacial score (nSPS) is 16.8. The molecule has 0 saturated carbocycles. The second-order valence-corrected chi connectivity index (χ2v) is 6.67. The zero-order valence-electron chi connectivity index (χ0n) is 15.1. The number of nitrogens with two attached hydrogens (primary N) is 3. The highest BCUT2D eigenvalue weighted by Gasteiger charge is 2.46. The Hall–Kier alpha value is -2.72.